The third-order valence-electron chi connectivity index (χ3n) is 3.90. The summed E-state index contributed by atoms with van der Waals surface area (Å²) in [5, 5.41) is 2.77. The van der Waals surface area contributed by atoms with Gasteiger partial charge in [0.05, 0.1) is 5.56 Å². The Morgan fingerprint density at radius 2 is 1.52 bits per heavy atom. The van der Waals surface area contributed by atoms with Crippen LogP contribution in [0.5, 0.6) is 0 Å². The number of esters is 1. The van der Waals surface area contributed by atoms with Crippen molar-refractivity contribution in [1.29, 1.82) is 0 Å². The van der Waals surface area contributed by atoms with E-state index in [1.165, 1.54) is 24.3 Å². The van der Waals surface area contributed by atoms with Crippen molar-refractivity contribution < 1.29 is 19.1 Å². The highest BCUT2D eigenvalue weighted by Gasteiger charge is 2.12. The van der Waals surface area contributed by atoms with Crippen LogP contribution in [0.1, 0.15) is 20.7 Å². The van der Waals surface area contributed by atoms with Gasteiger partial charge in [0.25, 0.3) is 5.91 Å². The molecule has 5 nitrogen and oxygen atoms in total. The van der Waals surface area contributed by atoms with Gasteiger partial charge < -0.3 is 10.1 Å². The summed E-state index contributed by atoms with van der Waals surface area (Å²) in [4.78, 5) is 34.8. The molecule has 0 saturated carbocycles. The number of ether oxygens (including phenoxy) is 1. The predicted octanol–water partition coefficient (Wildman–Crippen LogP) is 3.96. The lowest BCUT2D eigenvalue weighted by molar-refractivity contribution is -0.119. The smallest absolute Gasteiger partial charge is 0.338 e. The minimum absolute atomic E-state index is 0.276. The summed E-state index contributed by atoms with van der Waals surface area (Å²) < 4.78 is 5.04. The molecule has 3 aromatic carbocycles. The Labute approximate surface area is 156 Å². The molecule has 27 heavy (non-hydrogen) atoms. The van der Waals surface area contributed by atoms with Gasteiger partial charge in [-0.3, -0.25) is 9.59 Å². The van der Waals surface area contributed by atoms with Crippen molar-refractivity contribution in [3.05, 3.63) is 90.0 Å². The number of nitrogens with one attached hydrogen (secondary N) is 1. The van der Waals surface area contributed by atoms with E-state index in [9.17, 15) is 14.4 Å². The Bertz CT molecular complexity index is 950. The molecule has 0 heterocycles. The molecule has 0 atom stereocenters. The Morgan fingerprint density at radius 3 is 2.22 bits per heavy atom. The first-order valence-corrected chi connectivity index (χ1v) is 8.34. The highest BCUT2D eigenvalue weighted by molar-refractivity contribution is 5.98. The maximum atomic E-state index is 12.2. The predicted molar refractivity (Wildman–Crippen MR) is 103 cm³/mol. The Hall–Kier alpha value is -3.73. The van der Waals surface area contributed by atoms with E-state index >= 15 is 0 Å². The second-order valence-corrected chi connectivity index (χ2v) is 5.78. The van der Waals surface area contributed by atoms with Crippen molar-refractivity contribution in [3.63, 3.8) is 0 Å². The highest BCUT2D eigenvalue weighted by Crippen LogP contribution is 2.27. The van der Waals surface area contributed by atoms with Crippen LogP contribution in [0.25, 0.3) is 11.1 Å². The van der Waals surface area contributed by atoms with Gasteiger partial charge in [0.15, 0.2) is 6.61 Å². The van der Waals surface area contributed by atoms with E-state index < -0.39 is 18.5 Å². The molecule has 0 saturated heterocycles. The van der Waals surface area contributed by atoms with Gasteiger partial charge in [0.1, 0.15) is 6.29 Å². The molecular formula is C22H17NO4. The highest BCUT2D eigenvalue weighted by atomic mass is 16.5. The summed E-state index contributed by atoms with van der Waals surface area (Å²) in [7, 11) is 0. The van der Waals surface area contributed by atoms with E-state index in [1.807, 2.05) is 48.5 Å². The lowest BCUT2D eigenvalue weighted by Crippen LogP contribution is -2.21. The number of rotatable bonds is 6. The largest absolute Gasteiger partial charge is 0.452 e. The number of anilines is 1. The number of para-hydroxylation sites is 1. The molecule has 1 N–H and O–H groups in total. The van der Waals surface area contributed by atoms with Crippen LogP contribution in [-0.2, 0) is 9.53 Å². The molecule has 134 valence electrons. The second kappa shape index (κ2) is 8.58. The quantitative estimate of drug-likeness (QED) is 0.534. The van der Waals surface area contributed by atoms with Gasteiger partial charge in [0, 0.05) is 16.8 Å². The Kier molecular flexibility index (Phi) is 5.74. The third-order valence-corrected chi connectivity index (χ3v) is 3.90. The molecular weight excluding hydrogens is 342 g/mol. The molecule has 1 amide bonds. The first-order valence-electron chi connectivity index (χ1n) is 8.34. The van der Waals surface area contributed by atoms with Crippen molar-refractivity contribution in [3.8, 4) is 11.1 Å². The average Bonchev–Trinajstić information content (AvgIpc) is 2.73. The number of carbonyl (C=O) groups is 3. The number of hydrogen-bond acceptors (Lipinski definition) is 4. The van der Waals surface area contributed by atoms with Crippen LogP contribution in [0, 0.1) is 0 Å². The first kappa shape index (κ1) is 18.1. The molecule has 3 aromatic rings. The summed E-state index contributed by atoms with van der Waals surface area (Å²) >= 11 is 0. The molecule has 0 aromatic heterocycles. The molecule has 0 radical (unpaired) electrons. The molecule has 0 fully saturated rings. The molecule has 0 aliphatic rings. The van der Waals surface area contributed by atoms with Gasteiger partial charge in [0.2, 0.25) is 0 Å². The number of carbonyl (C=O) groups excluding carboxylic acids is 3. The zero-order valence-corrected chi connectivity index (χ0v) is 14.4. The van der Waals surface area contributed by atoms with Crippen LogP contribution in [0.4, 0.5) is 5.69 Å². The normalized spacial score (nSPS) is 10.1. The molecule has 0 spiro atoms. The number of benzene rings is 3. The van der Waals surface area contributed by atoms with E-state index in [1.54, 1.807) is 6.07 Å². The van der Waals surface area contributed by atoms with Crippen molar-refractivity contribution >= 4 is 23.9 Å². The van der Waals surface area contributed by atoms with Crippen molar-refractivity contribution in [2.24, 2.45) is 0 Å². The lowest BCUT2D eigenvalue weighted by atomic mass is 10.0. The Balaban J connectivity index is 1.63. The lowest BCUT2D eigenvalue weighted by Gasteiger charge is -2.11. The summed E-state index contributed by atoms with van der Waals surface area (Å²) in [6.45, 7) is -0.405. The van der Waals surface area contributed by atoms with Gasteiger partial charge in [-0.2, -0.15) is 0 Å². The molecule has 0 unspecified atom stereocenters. The topological polar surface area (TPSA) is 72.5 Å². The zero-order valence-electron chi connectivity index (χ0n) is 14.4. The van der Waals surface area contributed by atoms with Crippen molar-refractivity contribution in [2.45, 2.75) is 0 Å². The summed E-state index contributed by atoms with van der Waals surface area (Å²) in [5.74, 6) is -1.06. The maximum absolute atomic E-state index is 12.2. The minimum Gasteiger partial charge on any atom is -0.452 e. The molecule has 0 bridgehead atoms. The molecule has 3 rings (SSSR count). The standard InChI is InChI=1S/C22H17NO4/c24-14-16-10-12-18(13-11-16)22(26)27-15-21(25)23-20-9-5-4-8-19(20)17-6-2-1-3-7-17/h1-14H,15H2,(H,23,25). The van der Waals surface area contributed by atoms with Crippen molar-refractivity contribution in [1.82, 2.24) is 0 Å². The van der Waals surface area contributed by atoms with E-state index in [-0.39, 0.29) is 5.56 Å². The van der Waals surface area contributed by atoms with E-state index in [0.717, 1.165) is 11.1 Å². The molecule has 0 aliphatic heterocycles. The first-order chi connectivity index (χ1) is 13.2. The van der Waals surface area contributed by atoms with Gasteiger partial charge in [-0.15, -0.1) is 0 Å². The van der Waals surface area contributed by atoms with Crippen LogP contribution in [0.3, 0.4) is 0 Å². The van der Waals surface area contributed by atoms with Gasteiger partial charge in [-0.25, -0.2) is 4.79 Å². The number of amides is 1. The molecule has 0 aliphatic carbocycles. The van der Waals surface area contributed by atoms with Gasteiger partial charge >= 0.3 is 5.97 Å². The second-order valence-electron chi connectivity index (χ2n) is 5.78. The third kappa shape index (κ3) is 4.67. The fourth-order valence-corrected chi connectivity index (χ4v) is 2.56. The van der Waals surface area contributed by atoms with Crippen LogP contribution in [0.2, 0.25) is 0 Å². The summed E-state index contributed by atoms with van der Waals surface area (Å²) in [6, 6.07) is 23.1. The fourth-order valence-electron chi connectivity index (χ4n) is 2.56. The van der Waals surface area contributed by atoms with E-state index in [2.05, 4.69) is 5.32 Å². The zero-order chi connectivity index (χ0) is 19.1. The monoisotopic (exact) mass is 359 g/mol. The van der Waals surface area contributed by atoms with Crippen LogP contribution < -0.4 is 5.32 Å². The number of hydrogen-bond donors (Lipinski definition) is 1. The van der Waals surface area contributed by atoms with Crippen molar-refractivity contribution in [2.75, 3.05) is 11.9 Å². The van der Waals surface area contributed by atoms with E-state index in [4.69, 9.17) is 4.74 Å². The Morgan fingerprint density at radius 1 is 0.852 bits per heavy atom. The molecule has 5 heteroatoms. The van der Waals surface area contributed by atoms with Crippen LogP contribution in [0.15, 0.2) is 78.9 Å². The maximum Gasteiger partial charge on any atom is 0.338 e. The number of aldehydes is 1. The van der Waals surface area contributed by atoms with Crippen LogP contribution in [-0.4, -0.2) is 24.8 Å². The SMILES string of the molecule is O=Cc1ccc(C(=O)OCC(=O)Nc2ccccc2-c2ccccc2)cc1. The van der Waals surface area contributed by atoms with Crippen LogP contribution >= 0.6 is 0 Å². The average molecular weight is 359 g/mol. The minimum atomic E-state index is -0.626. The van der Waals surface area contributed by atoms with Gasteiger partial charge in [-0.05, 0) is 23.8 Å². The summed E-state index contributed by atoms with van der Waals surface area (Å²) in [6.07, 6.45) is 0.687. The summed E-state index contributed by atoms with van der Waals surface area (Å²) in [5.41, 5.74) is 3.22. The van der Waals surface area contributed by atoms with E-state index in [0.29, 0.717) is 17.5 Å². The van der Waals surface area contributed by atoms with Gasteiger partial charge in [-0.1, -0.05) is 60.7 Å². The fraction of sp³-hybridized carbons (Fsp3) is 0.0455.